The van der Waals surface area contributed by atoms with Crippen molar-refractivity contribution in [2.45, 2.75) is 154 Å². The number of likely N-dealkylation sites (N-methyl/N-ethyl adjacent to an activating group) is 1. The lowest BCUT2D eigenvalue weighted by molar-refractivity contribution is -0.870. The molecule has 0 radical (unpaired) electrons. The Morgan fingerprint density at radius 3 is 1.83 bits per heavy atom. The number of carbonyl (C=O) groups is 1. The van der Waals surface area contributed by atoms with Crippen LogP contribution in [0.2, 0.25) is 0 Å². The van der Waals surface area contributed by atoms with Crippen molar-refractivity contribution >= 4 is 13.7 Å². The average molecular weight is 620 g/mol. The Hall–Kier alpha value is -0.760. The Kier molecular flexibility index (Phi) is 26.1. The second-order valence-corrected chi connectivity index (χ2v) is 14.3. The second-order valence-electron chi connectivity index (χ2n) is 12.9. The fourth-order valence-corrected chi connectivity index (χ4v) is 5.42. The van der Waals surface area contributed by atoms with E-state index in [1.165, 1.54) is 70.6 Å². The van der Waals surface area contributed by atoms with Crippen molar-refractivity contribution in [3.63, 3.8) is 0 Å². The first-order valence-electron chi connectivity index (χ1n) is 17.1. The van der Waals surface area contributed by atoms with E-state index in [0.29, 0.717) is 23.9 Å². The summed E-state index contributed by atoms with van der Waals surface area (Å²) in [7, 11) is 1.60. The normalized spacial score (nSPS) is 15.1. The summed E-state index contributed by atoms with van der Waals surface area (Å²) in [5, 5.41) is 13.7. The highest BCUT2D eigenvalue weighted by Gasteiger charge is 2.28. The first kappa shape index (κ1) is 41.2. The number of carbonyl (C=O) groups excluding carboxylic acids is 1. The number of quaternary nitrogens is 1. The number of aliphatic hydroxyl groups is 1. The number of aliphatic hydroxyl groups excluding tert-OH is 1. The van der Waals surface area contributed by atoms with Gasteiger partial charge in [0.25, 0.3) is 0 Å². The number of phosphoric acid groups is 1. The number of nitrogens with zero attached hydrogens (tertiary/aromatic N) is 1. The van der Waals surface area contributed by atoms with Gasteiger partial charge in [-0.1, -0.05) is 109 Å². The molecule has 0 saturated heterocycles. The number of hydrogen-bond acceptors (Lipinski definition) is 5. The molecule has 0 spiro atoms. The molecule has 1 unspecified atom stereocenters. The number of amides is 1. The molecule has 42 heavy (non-hydrogen) atoms. The molecule has 9 heteroatoms. The van der Waals surface area contributed by atoms with Crippen LogP contribution in [0.25, 0.3) is 0 Å². The number of unbranched alkanes of at least 4 members (excludes halogenated alkanes) is 15. The van der Waals surface area contributed by atoms with E-state index in [0.717, 1.165) is 44.9 Å². The van der Waals surface area contributed by atoms with Crippen molar-refractivity contribution in [1.82, 2.24) is 5.32 Å². The maximum Gasteiger partial charge on any atom is 0.472 e. The molecule has 0 heterocycles. The van der Waals surface area contributed by atoms with Gasteiger partial charge in [-0.15, -0.1) is 0 Å². The molecule has 0 aromatic rings. The van der Waals surface area contributed by atoms with Gasteiger partial charge in [0.05, 0.1) is 39.9 Å². The van der Waals surface area contributed by atoms with Gasteiger partial charge in [-0.05, 0) is 38.5 Å². The summed E-state index contributed by atoms with van der Waals surface area (Å²) in [6.07, 6.45) is 25.2. The van der Waals surface area contributed by atoms with Crippen LogP contribution in [-0.4, -0.2) is 73.4 Å². The third-order valence-electron chi connectivity index (χ3n) is 7.51. The van der Waals surface area contributed by atoms with Gasteiger partial charge in [0, 0.05) is 6.42 Å². The van der Waals surface area contributed by atoms with Crippen LogP contribution in [0.1, 0.15) is 142 Å². The minimum absolute atomic E-state index is 0.0711. The molecule has 0 aliphatic rings. The standard InChI is InChI=1S/C33H67N2O6P/c1-6-8-10-12-14-16-17-19-20-22-24-26-32(36)31(30-41-42(38,39)40-29-28-35(3,4)5)34-33(37)27-25-23-21-18-15-13-11-9-7-2/h17,19,31-32,36H,6-16,18,20-30H2,1-5H3,(H-,34,37,38,39)/p+1/b19-17+/t31-,32+/m0/s1. The Morgan fingerprint density at radius 1 is 0.786 bits per heavy atom. The summed E-state index contributed by atoms with van der Waals surface area (Å²) in [6.45, 7) is 4.79. The number of nitrogens with one attached hydrogen (secondary N) is 1. The number of phosphoric ester groups is 1. The van der Waals surface area contributed by atoms with Crippen molar-refractivity contribution < 1.29 is 32.9 Å². The van der Waals surface area contributed by atoms with E-state index < -0.39 is 20.0 Å². The zero-order valence-corrected chi connectivity index (χ0v) is 28.9. The van der Waals surface area contributed by atoms with Crippen LogP contribution in [0, 0.1) is 0 Å². The van der Waals surface area contributed by atoms with Gasteiger partial charge in [-0.2, -0.15) is 0 Å². The van der Waals surface area contributed by atoms with Gasteiger partial charge in [0.15, 0.2) is 0 Å². The molecule has 0 aliphatic heterocycles. The molecule has 8 nitrogen and oxygen atoms in total. The van der Waals surface area contributed by atoms with Gasteiger partial charge in [0.1, 0.15) is 13.2 Å². The predicted octanol–water partition coefficient (Wildman–Crippen LogP) is 8.07. The molecular weight excluding hydrogens is 551 g/mol. The van der Waals surface area contributed by atoms with Crippen LogP contribution in [0.4, 0.5) is 0 Å². The summed E-state index contributed by atoms with van der Waals surface area (Å²) < 4.78 is 23.4. The van der Waals surface area contributed by atoms with Gasteiger partial charge in [-0.25, -0.2) is 4.57 Å². The van der Waals surface area contributed by atoms with Crippen LogP contribution < -0.4 is 5.32 Å². The zero-order chi connectivity index (χ0) is 31.5. The highest BCUT2D eigenvalue weighted by molar-refractivity contribution is 7.47. The lowest BCUT2D eigenvalue weighted by Crippen LogP contribution is -2.46. The second kappa shape index (κ2) is 26.6. The molecular formula is C33H68N2O6P+. The smallest absolute Gasteiger partial charge is 0.391 e. The van der Waals surface area contributed by atoms with Gasteiger partial charge < -0.3 is 19.8 Å². The Balaban J connectivity index is 4.59. The van der Waals surface area contributed by atoms with Crippen LogP contribution in [0.5, 0.6) is 0 Å². The molecule has 1 amide bonds. The molecule has 0 aromatic heterocycles. The number of hydrogen-bond donors (Lipinski definition) is 3. The Morgan fingerprint density at radius 2 is 1.29 bits per heavy atom. The summed E-state index contributed by atoms with van der Waals surface area (Å²) in [4.78, 5) is 22.8. The largest absolute Gasteiger partial charge is 0.472 e. The summed E-state index contributed by atoms with van der Waals surface area (Å²) in [5.74, 6) is -0.161. The first-order chi connectivity index (χ1) is 20.0. The maximum atomic E-state index is 12.7. The predicted molar refractivity (Wildman–Crippen MR) is 175 cm³/mol. The molecule has 250 valence electrons. The highest BCUT2D eigenvalue weighted by atomic mass is 31.2. The maximum absolute atomic E-state index is 12.7. The van der Waals surface area contributed by atoms with E-state index in [1.54, 1.807) is 0 Å². The van der Waals surface area contributed by atoms with Crippen molar-refractivity contribution in [2.75, 3.05) is 40.9 Å². The van der Waals surface area contributed by atoms with Crippen molar-refractivity contribution in [1.29, 1.82) is 0 Å². The van der Waals surface area contributed by atoms with Gasteiger partial charge >= 0.3 is 7.82 Å². The van der Waals surface area contributed by atoms with Crippen LogP contribution >= 0.6 is 7.82 Å². The van der Waals surface area contributed by atoms with Crippen LogP contribution in [0.15, 0.2) is 12.2 Å². The van der Waals surface area contributed by atoms with E-state index in [9.17, 15) is 19.4 Å². The lowest BCUT2D eigenvalue weighted by Gasteiger charge is -2.26. The molecule has 0 saturated carbocycles. The molecule has 3 atom stereocenters. The summed E-state index contributed by atoms with van der Waals surface area (Å²) in [6, 6.07) is -0.766. The highest BCUT2D eigenvalue weighted by Crippen LogP contribution is 2.43. The van der Waals surface area contributed by atoms with Gasteiger partial charge in [-0.3, -0.25) is 13.8 Å². The zero-order valence-electron chi connectivity index (χ0n) is 28.0. The fraction of sp³-hybridized carbons (Fsp3) is 0.909. The number of rotatable bonds is 30. The van der Waals surface area contributed by atoms with E-state index in [-0.39, 0.29) is 19.1 Å². The van der Waals surface area contributed by atoms with E-state index in [1.807, 2.05) is 21.1 Å². The third kappa shape index (κ3) is 28.0. The Bertz CT molecular complexity index is 713. The Labute approximate surface area is 259 Å². The molecule has 3 N–H and O–H groups in total. The van der Waals surface area contributed by atoms with Crippen LogP contribution in [0.3, 0.4) is 0 Å². The molecule has 0 aromatic carbocycles. The van der Waals surface area contributed by atoms with E-state index in [2.05, 4.69) is 31.3 Å². The molecule has 0 rings (SSSR count). The minimum atomic E-state index is -4.30. The van der Waals surface area contributed by atoms with E-state index in [4.69, 9.17) is 9.05 Å². The topological polar surface area (TPSA) is 105 Å². The average Bonchev–Trinajstić information content (AvgIpc) is 2.92. The quantitative estimate of drug-likeness (QED) is 0.0325. The SMILES string of the molecule is CCCCCCC/C=C/CCCC[C@@H](O)[C@H](COP(=O)(O)OCC[N+](C)(C)C)NC(=O)CCCCCCCCCCC. The fourth-order valence-electron chi connectivity index (χ4n) is 4.68. The van der Waals surface area contributed by atoms with Crippen LogP contribution in [-0.2, 0) is 18.4 Å². The third-order valence-corrected chi connectivity index (χ3v) is 8.50. The molecule has 0 fully saturated rings. The van der Waals surface area contributed by atoms with Crippen molar-refractivity contribution in [3.8, 4) is 0 Å². The summed E-state index contributed by atoms with van der Waals surface area (Å²) >= 11 is 0. The first-order valence-corrected chi connectivity index (χ1v) is 18.5. The molecule has 0 bridgehead atoms. The number of allylic oxidation sites excluding steroid dienone is 2. The lowest BCUT2D eigenvalue weighted by atomic mass is 10.0. The monoisotopic (exact) mass is 619 g/mol. The molecule has 0 aliphatic carbocycles. The van der Waals surface area contributed by atoms with Gasteiger partial charge in [0.2, 0.25) is 5.91 Å². The van der Waals surface area contributed by atoms with E-state index >= 15 is 0 Å². The summed E-state index contributed by atoms with van der Waals surface area (Å²) in [5.41, 5.74) is 0. The minimum Gasteiger partial charge on any atom is -0.391 e. The van der Waals surface area contributed by atoms with Crippen molar-refractivity contribution in [3.05, 3.63) is 12.2 Å². The van der Waals surface area contributed by atoms with Crippen molar-refractivity contribution in [2.24, 2.45) is 0 Å².